The number of thioether (sulfide) groups is 1. The molecule has 3 aromatic rings. The molecular formula is C27H26F3N3O8S. The van der Waals surface area contributed by atoms with Crippen molar-refractivity contribution in [2.75, 3.05) is 20.3 Å². The van der Waals surface area contributed by atoms with Gasteiger partial charge in [0, 0.05) is 24.3 Å². The van der Waals surface area contributed by atoms with Crippen molar-refractivity contribution in [3.63, 3.8) is 0 Å². The minimum absolute atomic E-state index is 0.0450. The van der Waals surface area contributed by atoms with Crippen molar-refractivity contribution in [2.45, 2.75) is 48.5 Å². The molecule has 1 saturated heterocycles. The van der Waals surface area contributed by atoms with E-state index in [-0.39, 0.29) is 17.9 Å². The van der Waals surface area contributed by atoms with Crippen LogP contribution in [-0.2, 0) is 38.1 Å². The van der Waals surface area contributed by atoms with E-state index in [0.717, 1.165) is 24.0 Å². The molecule has 2 aromatic carbocycles. The Balaban J connectivity index is 1.81. The Morgan fingerprint density at radius 3 is 2.33 bits per heavy atom. The SMILES string of the molecule is COC(=O)CO[C@H]1[C@H](Sc2ccccc2)O[C@H](COC(C)=O)C(OC(C)=O)[C@@H]1n1cc(-c2cc(F)c(F)c(F)c2)nn1. The molecule has 0 N–H and O–H groups in total. The van der Waals surface area contributed by atoms with E-state index >= 15 is 0 Å². The maximum atomic E-state index is 14.0. The monoisotopic (exact) mass is 609 g/mol. The highest BCUT2D eigenvalue weighted by atomic mass is 32.2. The predicted molar refractivity (Wildman–Crippen MR) is 139 cm³/mol. The van der Waals surface area contributed by atoms with Gasteiger partial charge in [-0.05, 0) is 24.3 Å². The number of halogens is 3. The fourth-order valence-corrected chi connectivity index (χ4v) is 5.41. The van der Waals surface area contributed by atoms with Gasteiger partial charge in [-0.25, -0.2) is 22.6 Å². The molecule has 1 unspecified atom stereocenters. The van der Waals surface area contributed by atoms with Crippen LogP contribution in [0.15, 0.2) is 53.6 Å². The Morgan fingerprint density at radius 2 is 1.71 bits per heavy atom. The van der Waals surface area contributed by atoms with Crippen LogP contribution in [0.5, 0.6) is 0 Å². The largest absolute Gasteiger partial charge is 0.467 e. The molecule has 0 saturated carbocycles. The summed E-state index contributed by atoms with van der Waals surface area (Å²) in [6.07, 6.45) is -2.05. The first kappa shape index (κ1) is 31.0. The number of carbonyl (C=O) groups is 3. The van der Waals surface area contributed by atoms with Crippen LogP contribution in [0, 0.1) is 17.5 Å². The quantitative estimate of drug-likeness (QED) is 0.190. The van der Waals surface area contributed by atoms with E-state index in [1.165, 1.54) is 36.7 Å². The Morgan fingerprint density at radius 1 is 1.02 bits per heavy atom. The summed E-state index contributed by atoms with van der Waals surface area (Å²) in [7, 11) is 1.18. The molecule has 15 heteroatoms. The first-order valence-electron chi connectivity index (χ1n) is 12.5. The summed E-state index contributed by atoms with van der Waals surface area (Å²) in [5, 5.41) is 8.07. The second-order valence-electron chi connectivity index (χ2n) is 9.03. The summed E-state index contributed by atoms with van der Waals surface area (Å²) >= 11 is 1.22. The topological polar surface area (TPSA) is 128 Å². The lowest BCUT2D eigenvalue weighted by Crippen LogP contribution is -2.57. The minimum Gasteiger partial charge on any atom is -0.467 e. The molecule has 0 amide bonds. The second-order valence-corrected chi connectivity index (χ2v) is 10.2. The Bertz CT molecular complexity index is 1400. The molecule has 0 aliphatic carbocycles. The van der Waals surface area contributed by atoms with E-state index in [1.807, 2.05) is 18.2 Å². The van der Waals surface area contributed by atoms with E-state index in [9.17, 15) is 27.6 Å². The maximum absolute atomic E-state index is 14.0. The van der Waals surface area contributed by atoms with E-state index in [1.54, 1.807) is 12.1 Å². The van der Waals surface area contributed by atoms with Crippen molar-refractivity contribution in [1.29, 1.82) is 0 Å². The zero-order chi connectivity index (χ0) is 30.4. The van der Waals surface area contributed by atoms with Crippen LogP contribution in [-0.4, -0.2) is 77.0 Å². The van der Waals surface area contributed by atoms with Gasteiger partial charge in [0.15, 0.2) is 23.6 Å². The molecule has 224 valence electrons. The number of methoxy groups -OCH3 is 1. The first-order chi connectivity index (χ1) is 20.1. The summed E-state index contributed by atoms with van der Waals surface area (Å²) in [4.78, 5) is 36.7. The van der Waals surface area contributed by atoms with Gasteiger partial charge >= 0.3 is 17.9 Å². The van der Waals surface area contributed by atoms with Gasteiger partial charge in [0.2, 0.25) is 0 Å². The molecule has 1 aliphatic heterocycles. The molecule has 1 fully saturated rings. The van der Waals surface area contributed by atoms with Gasteiger partial charge in [-0.1, -0.05) is 35.2 Å². The zero-order valence-corrected chi connectivity index (χ0v) is 23.4. The number of hydrogen-bond donors (Lipinski definition) is 0. The van der Waals surface area contributed by atoms with Gasteiger partial charge in [0.1, 0.15) is 42.6 Å². The molecular weight excluding hydrogens is 583 g/mol. The molecule has 42 heavy (non-hydrogen) atoms. The summed E-state index contributed by atoms with van der Waals surface area (Å²) < 4.78 is 70.5. The highest BCUT2D eigenvalue weighted by molar-refractivity contribution is 7.99. The van der Waals surface area contributed by atoms with Crippen molar-refractivity contribution in [2.24, 2.45) is 0 Å². The molecule has 4 rings (SSSR count). The average molecular weight is 610 g/mol. The number of benzene rings is 2. The molecule has 1 aliphatic rings. The molecule has 11 nitrogen and oxygen atoms in total. The molecule has 0 bridgehead atoms. The number of esters is 3. The fraction of sp³-hybridized carbons (Fsp3) is 0.370. The van der Waals surface area contributed by atoms with Crippen LogP contribution in [0.25, 0.3) is 11.3 Å². The van der Waals surface area contributed by atoms with Gasteiger partial charge in [-0.2, -0.15) is 0 Å². The van der Waals surface area contributed by atoms with Crippen molar-refractivity contribution in [3.05, 3.63) is 66.1 Å². The molecule has 1 aromatic heterocycles. The number of hydrogen-bond acceptors (Lipinski definition) is 11. The van der Waals surface area contributed by atoms with Crippen molar-refractivity contribution in [3.8, 4) is 11.3 Å². The number of carbonyl (C=O) groups excluding carboxylic acids is 3. The van der Waals surface area contributed by atoms with E-state index < -0.39 is 71.8 Å². The van der Waals surface area contributed by atoms with Crippen molar-refractivity contribution in [1.82, 2.24) is 15.0 Å². The number of ether oxygens (including phenoxy) is 5. The Kier molecular flexibility index (Phi) is 10.2. The normalized spacial score (nSPS) is 21.9. The van der Waals surface area contributed by atoms with Crippen LogP contribution in [0.3, 0.4) is 0 Å². The number of aromatic nitrogens is 3. The summed E-state index contributed by atoms with van der Waals surface area (Å²) in [6, 6.07) is 9.47. The maximum Gasteiger partial charge on any atom is 0.331 e. The number of rotatable bonds is 10. The lowest BCUT2D eigenvalue weighted by Gasteiger charge is -2.45. The lowest BCUT2D eigenvalue weighted by molar-refractivity contribution is -0.214. The Hall–Kier alpha value is -3.95. The predicted octanol–water partition coefficient (Wildman–Crippen LogP) is 3.47. The van der Waals surface area contributed by atoms with Crippen LogP contribution >= 0.6 is 11.8 Å². The van der Waals surface area contributed by atoms with Gasteiger partial charge < -0.3 is 23.7 Å². The van der Waals surface area contributed by atoms with E-state index in [0.29, 0.717) is 0 Å². The van der Waals surface area contributed by atoms with Crippen LogP contribution in [0.2, 0.25) is 0 Å². The minimum atomic E-state index is -1.64. The standard InChI is InChI=1S/C27H26F3N3O8S/c1-14(34)38-12-21-25(40-15(2)35)24(33-11-20(31-32-33)16-9-18(28)23(30)19(29)10-16)26(39-13-22(36)37-3)27(41-21)42-17-7-5-4-6-8-17/h4-11,21,24-27H,12-13H2,1-3H3/t21-,24+,25?,26-,27+/m1/s1. The fourth-order valence-electron chi connectivity index (χ4n) is 4.25. The van der Waals surface area contributed by atoms with Crippen LogP contribution in [0.1, 0.15) is 19.9 Å². The van der Waals surface area contributed by atoms with Gasteiger partial charge in [0.25, 0.3) is 0 Å². The third-order valence-corrected chi connectivity index (χ3v) is 7.24. The summed E-state index contributed by atoms with van der Waals surface area (Å²) in [5.74, 6) is -6.54. The van der Waals surface area contributed by atoms with Gasteiger partial charge in [-0.15, -0.1) is 5.10 Å². The second kappa shape index (κ2) is 13.8. The van der Waals surface area contributed by atoms with Crippen molar-refractivity contribution >= 4 is 29.7 Å². The van der Waals surface area contributed by atoms with Crippen LogP contribution in [0.4, 0.5) is 13.2 Å². The zero-order valence-electron chi connectivity index (χ0n) is 22.6. The molecule has 5 atom stereocenters. The molecule has 2 heterocycles. The molecule has 0 spiro atoms. The highest BCUT2D eigenvalue weighted by Gasteiger charge is 2.51. The number of nitrogens with zero attached hydrogens (tertiary/aromatic N) is 3. The first-order valence-corrected chi connectivity index (χ1v) is 13.4. The average Bonchev–Trinajstić information content (AvgIpc) is 3.44. The van der Waals surface area contributed by atoms with E-state index in [2.05, 4.69) is 10.3 Å². The summed E-state index contributed by atoms with van der Waals surface area (Å²) in [6.45, 7) is 1.51. The third-order valence-electron chi connectivity index (χ3n) is 6.08. The highest BCUT2D eigenvalue weighted by Crippen LogP contribution is 2.41. The van der Waals surface area contributed by atoms with Gasteiger partial charge in [0.05, 0.1) is 13.3 Å². The van der Waals surface area contributed by atoms with E-state index in [4.69, 9.17) is 23.7 Å². The third kappa shape index (κ3) is 7.46. The van der Waals surface area contributed by atoms with Crippen LogP contribution < -0.4 is 0 Å². The van der Waals surface area contributed by atoms with Crippen molar-refractivity contribution < 1.29 is 51.2 Å². The molecule has 0 radical (unpaired) electrons. The lowest BCUT2D eigenvalue weighted by atomic mass is 9.96. The Labute approximate surface area is 242 Å². The van der Waals surface area contributed by atoms with Gasteiger partial charge in [-0.3, -0.25) is 9.59 Å². The smallest absolute Gasteiger partial charge is 0.331 e. The summed E-state index contributed by atoms with van der Waals surface area (Å²) in [5.41, 5.74) is -1.06.